The van der Waals surface area contributed by atoms with Crippen LogP contribution in [-0.2, 0) is 23.8 Å². The fourth-order valence-electron chi connectivity index (χ4n) is 1.73. The predicted octanol–water partition coefficient (Wildman–Crippen LogP) is 2.29. The Bertz CT molecular complexity index is 619. The molecule has 0 heterocycles. The lowest BCUT2D eigenvalue weighted by Gasteiger charge is -2.15. The van der Waals surface area contributed by atoms with Gasteiger partial charge in [-0.3, -0.25) is 4.79 Å². The first-order chi connectivity index (χ1) is 11.9. The summed E-state index contributed by atoms with van der Waals surface area (Å²) in [7, 11) is 1.40. The van der Waals surface area contributed by atoms with Crippen molar-refractivity contribution in [2.45, 2.75) is 26.4 Å². The smallest absolute Gasteiger partial charge is 0.338 e. The van der Waals surface area contributed by atoms with Crippen molar-refractivity contribution in [2.24, 2.45) is 0 Å². The van der Waals surface area contributed by atoms with Crippen molar-refractivity contribution in [2.75, 3.05) is 20.3 Å². The van der Waals surface area contributed by atoms with Crippen LogP contribution in [0.15, 0.2) is 36.4 Å². The molecule has 1 rings (SSSR count). The van der Waals surface area contributed by atoms with Crippen LogP contribution in [0.2, 0.25) is 0 Å². The van der Waals surface area contributed by atoms with Gasteiger partial charge in [0, 0.05) is 12.7 Å². The summed E-state index contributed by atoms with van der Waals surface area (Å²) in [4.78, 5) is 34.8. The minimum Gasteiger partial charge on any atom is -0.462 e. The highest BCUT2D eigenvalue weighted by Gasteiger charge is 2.18. The molecule has 0 aliphatic carbocycles. The van der Waals surface area contributed by atoms with Gasteiger partial charge in [-0.15, -0.1) is 0 Å². The number of hydrogen-bond acceptors (Lipinski definition) is 7. The Kier molecular flexibility index (Phi) is 8.35. The maximum Gasteiger partial charge on any atom is 0.338 e. The summed E-state index contributed by atoms with van der Waals surface area (Å²) in [5, 5.41) is 0. The van der Waals surface area contributed by atoms with Gasteiger partial charge in [-0.05, 0) is 38.1 Å². The first kappa shape index (κ1) is 20.4. The van der Waals surface area contributed by atoms with Crippen LogP contribution in [0.25, 0.3) is 0 Å². The predicted molar refractivity (Wildman–Crippen MR) is 89.2 cm³/mol. The van der Waals surface area contributed by atoms with Gasteiger partial charge in [-0.25, -0.2) is 9.59 Å². The Hall–Kier alpha value is -2.67. The average Bonchev–Trinajstić information content (AvgIpc) is 2.58. The summed E-state index contributed by atoms with van der Waals surface area (Å²) in [6.45, 7) is 6.91. The van der Waals surface area contributed by atoms with Crippen molar-refractivity contribution >= 4 is 17.9 Å². The van der Waals surface area contributed by atoms with Crippen molar-refractivity contribution in [3.8, 4) is 5.75 Å². The third-order valence-corrected chi connectivity index (χ3v) is 3.07. The molecule has 0 spiro atoms. The highest BCUT2D eigenvalue weighted by atomic mass is 16.6. The molecule has 0 aromatic heterocycles. The van der Waals surface area contributed by atoms with E-state index in [1.165, 1.54) is 38.3 Å². The molecule has 1 aromatic rings. The highest BCUT2D eigenvalue weighted by molar-refractivity contribution is 5.89. The Labute approximate surface area is 146 Å². The number of rotatable bonds is 9. The second kappa shape index (κ2) is 10.2. The summed E-state index contributed by atoms with van der Waals surface area (Å²) in [6, 6.07) is 5.99. The Morgan fingerprint density at radius 2 is 1.76 bits per heavy atom. The van der Waals surface area contributed by atoms with Crippen molar-refractivity contribution < 1.29 is 33.3 Å². The number of carbonyl (C=O) groups excluding carboxylic acids is 3. The molecule has 0 saturated heterocycles. The number of benzene rings is 1. The van der Waals surface area contributed by atoms with E-state index in [0.717, 1.165) is 0 Å². The monoisotopic (exact) mass is 350 g/mol. The molecule has 1 unspecified atom stereocenters. The fourth-order valence-corrected chi connectivity index (χ4v) is 1.73. The lowest BCUT2D eigenvalue weighted by atomic mass is 10.2. The van der Waals surface area contributed by atoms with Crippen LogP contribution in [0.3, 0.4) is 0 Å². The zero-order valence-corrected chi connectivity index (χ0v) is 14.6. The van der Waals surface area contributed by atoms with Crippen molar-refractivity contribution in [1.29, 1.82) is 0 Å². The van der Waals surface area contributed by atoms with E-state index in [9.17, 15) is 14.4 Å². The third-order valence-electron chi connectivity index (χ3n) is 3.07. The van der Waals surface area contributed by atoms with E-state index < -0.39 is 24.0 Å². The lowest BCUT2D eigenvalue weighted by molar-refractivity contribution is -0.146. The largest absolute Gasteiger partial charge is 0.462 e. The van der Waals surface area contributed by atoms with Gasteiger partial charge in [0.15, 0.2) is 0 Å². The second-order valence-electron chi connectivity index (χ2n) is 5.16. The first-order valence-corrected chi connectivity index (χ1v) is 7.70. The molecule has 0 radical (unpaired) electrons. The molecule has 136 valence electrons. The zero-order valence-electron chi connectivity index (χ0n) is 14.6. The standard InChI is InChI=1S/C18H22O7/c1-5-23-18(21)13-6-8-14(9-7-13)25-16(19)10-15(22-4)11-24-17(20)12(2)3/h6-9,15H,2,5,10-11H2,1,3-4H3. The van der Waals surface area contributed by atoms with Crippen LogP contribution in [0.4, 0.5) is 0 Å². The number of ether oxygens (including phenoxy) is 4. The van der Waals surface area contributed by atoms with Gasteiger partial charge in [0.2, 0.25) is 0 Å². The molecule has 1 aromatic carbocycles. The van der Waals surface area contributed by atoms with Crippen LogP contribution in [0.5, 0.6) is 5.75 Å². The molecular formula is C18H22O7. The topological polar surface area (TPSA) is 88.1 Å². The van der Waals surface area contributed by atoms with Gasteiger partial charge < -0.3 is 18.9 Å². The van der Waals surface area contributed by atoms with Gasteiger partial charge in [0.05, 0.1) is 18.6 Å². The number of carbonyl (C=O) groups is 3. The van der Waals surface area contributed by atoms with Crippen LogP contribution < -0.4 is 4.74 Å². The zero-order chi connectivity index (χ0) is 18.8. The summed E-state index contributed by atoms with van der Waals surface area (Å²) in [5.41, 5.74) is 0.627. The van der Waals surface area contributed by atoms with Gasteiger partial charge in [0.25, 0.3) is 0 Å². The summed E-state index contributed by atoms with van der Waals surface area (Å²) >= 11 is 0. The van der Waals surface area contributed by atoms with E-state index in [2.05, 4.69) is 6.58 Å². The molecule has 0 bridgehead atoms. The molecule has 0 aliphatic heterocycles. The quantitative estimate of drug-likeness (QED) is 0.383. The molecule has 0 fully saturated rings. The molecule has 1 atom stereocenters. The van der Waals surface area contributed by atoms with E-state index in [1.807, 2.05) is 0 Å². The number of hydrogen-bond donors (Lipinski definition) is 0. The van der Waals surface area contributed by atoms with Crippen LogP contribution in [0.1, 0.15) is 30.6 Å². The first-order valence-electron chi connectivity index (χ1n) is 7.70. The summed E-state index contributed by atoms with van der Waals surface area (Å²) < 4.78 is 20.1. The number of methoxy groups -OCH3 is 1. The van der Waals surface area contributed by atoms with Crippen molar-refractivity contribution in [1.82, 2.24) is 0 Å². The Balaban J connectivity index is 2.52. The highest BCUT2D eigenvalue weighted by Crippen LogP contribution is 2.14. The molecule has 25 heavy (non-hydrogen) atoms. The third kappa shape index (κ3) is 7.17. The van der Waals surface area contributed by atoms with Crippen molar-refractivity contribution in [3.63, 3.8) is 0 Å². The fraction of sp³-hybridized carbons (Fsp3) is 0.389. The van der Waals surface area contributed by atoms with Crippen LogP contribution in [0, 0.1) is 0 Å². The molecule has 7 nitrogen and oxygen atoms in total. The maximum absolute atomic E-state index is 11.9. The molecule has 0 N–H and O–H groups in total. The molecule has 7 heteroatoms. The molecular weight excluding hydrogens is 328 g/mol. The van der Waals surface area contributed by atoms with E-state index in [4.69, 9.17) is 18.9 Å². The molecule has 0 saturated carbocycles. The average molecular weight is 350 g/mol. The normalized spacial score (nSPS) is 11.3. The minimum atomic E-state index is -0.630. The van der Waals surface area contributed by atoms with Gasteiger partial charge in [-0.2, -0.15) is 0 Å². The van der Waals surface area contributed by atoms with E-state index in [0.29, 0.717) is 5.56 Å². The van der Waals surface area contributed by atoms with Gasteiger partial charge in [0.1, 0.15) is 18.5 Å². The Morgan fingerprint density at radius 1 is 1.12 bits per heavy atom. The molecule has 0 aliphatic rings. The van der Waals surface area contributed by atoms with E-state index in [1.54, 1.807) is 6.92 Å². The van der Waals surface area contributed by atoms with E-state index in [-0.39, 0.29) is 31.0 Å². The van der Waals surface area contributed by atoms with Crippen LogP contribution in [-0.4, -0.2) is 44.3 Å². The second-order valence-corrected chi connectivity index (χ2v) is 5.16. The lowest BCUT2D eigenvalue weighted by Crippen LogP contribution is -2.26. The minimum absolute atomic E-state index is 0.0842. The number of esters is 3. The van der Waals surface area contributed by atoms with Crippen LogP contribution >= 0.6 is 0 Å². The van der Waals surface area contributed by atoms with Gasteiger partial charge in [-0.1, -0.05) is 6.58 Å². The van der Waals surface area contributed by atoms with E-state index >= 15 is 0 Å². The Morgan fingerprint density at radius 3 is 2.28 bits per heavy atom. The summed E-state index contributed by atoms with van der Waals surface area (Å²) in [6.07, 6.45) is -0.728. The maximum atomic E-state index is 11.9. The SMILES string of the molecule is C=C(C)C(=O)OCC(CC(=O)Oc1ccc(C(=O)OCC)cc1)OC. The molecule has 0 amide bonds. The van der Waals surface area contributed by atoms with Gasteiger partial charge >= 0.3 is 17.9 Å². The van der Waals surface area contributed by atoms with Crippen molar-refractivity contribution in [3.05, 3.63) is 42.0 Å². The summed E-state index contributed by atoms with van der Waals surface area (Å²) in [5.74, 6) is -1.27.